The summed E-state index contributed by atoms with van der Waals surface area (Å²) in [6, 6.07) is 23.7. The zero-order valence-electron chi connectivity index (χ0n) is 17.3. The maximum absolute atomic E-state index is 14.0. The predicted molar refractivity (Wildman–Crippen MR) is 129 cm³/mol. The molecule has 1 amide bonds. The third-order valence-electron chi connectivity index (χ3n) is 6.56. The molecule has 2 N–H and O–H groups in total. The Morgan fingerprint density at radius 3 is 2.30 bits per heavy atom. The van der Waals surface area contributed by atoms with Crippen LogP contribution in [0.3, 0.4) is 0 Å². The topological polar surface area (TPSA) is 84.0 Å². The number of amides is 1. The molecule has 0 spiro atoms. The van der Waals surface area contributed by atoms with Gasteiger partial charge in [0.25, 0.3) is 15.9 Å². The van der Waals surface area contributed by atoms with E-state index in [9.17, 15) is 13.2 Å². The van der Waals surface area contributed by atoms with E-state index < -0.39 is 10.0 Å². The van der Waals surface area contributed by atoms with Crippen molar-refractivity contribution in [1.82, 2.24) is 14.3 Å². The third-order valence-corrected chi connectivity index (χ3v) is 8.29. The number of hydrogen-bond donors (Lipinski definition) is 2. The van der Waals surface area contributed by atoms with Crippen molar-refractivity contribution in [3.8, 4) is 0 Å². The molecule has 0 aliphatic carbocycles. The summed E-state index contributed by atoms with van der Waals surface area (Å²) in [6.07, 6.45) is 0. The molecule has 0 unspecified atom stereocenters. The molecule has 0 bridgehead atoms. The van der Waals surface area contributed by atoms with Crippen molar-refractivity contribution in [2.24, 2.45) is 0 Å². The molecule has 0 saturated carbocycles. The first kappa shape index (κ1) is 18.5. The third kappa shape index (κ3) is 2.27. The molecule has 33 heavy (non-hydrogen) atoms. The average Bonchev–Trinajstić information content (AvgIpc) is 3.51. The summed E-state index contributed by atoms with van der Waals surface area (Å²) in [6.45, 7) is 0.361. The number of rotatable bonds is 2. The summed E-state index contributed by atoms with van der Waals surface area (Å²) in [5.74, 6) is -0.135. The van der Waals surface area contributed by atoms with Crippen LogP contribution in [0.5, 0.6) is 0 Å². The SMILES string of the molecule is O=C1NCc2c1c1c3ccccc3[nH]c1c1c2c2ccccc2n1S(=O)(=O)c1ccccc1. The maximum Gasteiger partial charge on any atom is 0.268 e. The number of nitrogens with one attached hydrogen (secondary N) is 2. The summed E-state index contributed by atoms with van der Waals surface area (Å²) in [5.41, 5.74) is 4.12. The van der Waals surface area contributed by atoms with Gasteiger partial charge >= 0.3 is 0 Å². The van der Waals surface area contributed by atoms with Crippen molar-refractivity contribution in [3.05, 3.63) is 90.0 Å². The van der Waals surface area contributed by atoms with Gasteiger partial charge in [-0.1, -0.05) is 54.6 Å². The second-order valence-corrected chi connectivity index (χ2v) is 10.1. The van der Waals surface area contributed by atoms with E-state index >= 15 is 0 Å². The van der Waals surface area contributed by atoms with Gasteiger partial charge in [0.1, 0.15) is 0 Å². The number of carbonyl (C=O) groups excluding carboxylic acids is 1. The van der Waals surface area contributed by atoms with Crippen molar-refractivity contribution >= 4 is 59.5 Å². The lowest BCUT2D eigenvalue weighted by atomic mass is 9.97. The molecule has 6 aromatic rings. The molecular weight excluding hydrogens is 434 g/mol. The van der Waals surface area contributed by atoms with Crippen LogP contribution in [-0.4, -0.2) is 23.3 Å². The number of para-hydroxylation sites is 2. The van der Waals surface area contributed by atoms with E-state index in [2.05, 4.69) is 10.3 Å². The highest BCUT2D eigenvalue weighted by atomic mass is 32.2. The van der Waals surface area contributed by atoms with Crippen LogP contribution in [0.15, 0.2) is 83.8 Å². The predicted octanol–water partition coefficient (Wildman–Crippen LogP) is 4.91. The van der Waals surface area contributed by atoms with E-state index in [1.165, 1.54) is 3.97 Å². The quantitative estimate of drug-likeness (QED) is 0.392. The second kappa shape index (κ2) is 6.24. The molecule has 0 radical (unpaired) electrons. The van der Waals surface area contributed by atoms with Crippen molar-refractivity contribution in [3.63, 3.8) is 0 Å². The number of nitrogens with zero attached hydrogens (tertiary/aromatic N) is 1. The fourth-order valence-corrected chi connectivity index (χ4v) is 6.78. The van der Waals surface area contributed by atoms with Crippen molar-refractivity contribution in [1.29, 1.82) is 0 Å². The number of H-pyrrole nitrogens is 1. The molecule has 7 rings (SSSR count). The Balaban J connectivity index is 1.81. The minimum Gasteiger partial charge on any atom is -0.353 e. The van der Waals surface area contributed by atoms with Crippen LogP contribution in [0, 0.1) is 0 Å². The zero-order valence-corrected chi connectivity index (χ0v) is 18.1. The number of aromatic amines is 1. The van der Waals surface area contributed by atoms with Crippen LogP contribution >= 0.6 is 0 Å². The van der Waals surface area contributed by atoms with Gasteiger partial charge in [-0.3, -0.25) is 4.79 Å². The van der Waals surface area contributed by atoms with Crippen LogP contribution < -0.4 is 5.32 Å². The van der Waals surface area contributed by atoms with E-state index in [0.29, 0.717) is 28.7 Å². The van der Waals surface area contributed by atoms with Crippen molar-refractivity contribution in [2.45, 2.75) is 11.4 Å². The minimum absolute atomic E-state index is 0.135. The molecule has 4 aromatic carbocycles. The summed E-state index contributed by atoms with van der Waals surface area (Å²) in [4.78, 5) is 16.6. The first-order chi connectivity index (χ1) is 16.1. The fraction of sp³-hybridized carbons (Fsp3) is 0.0385. The van der Waals surface area contributed by atoms with Gasteiger partial charge in [-0.05, 0) is 29.8 Å². The second-order valence-electron chi connectivity index (χ2n) is 8.28. The van der Waals surface area contributed by atoms with Crippen molar-refractivity contribution in [2.75, 3.05) is 0 Å². The Morgan fingerprint density at radius 1 is 0.788 bits per heavy atom. The Morgan fingerprint density at radius 2 is 1.48 bits per heavy atom. The highest BCUT2D eigenvalue weighted by Gasteiger charge is 2.33. The molecule has 1 aliphatic rings. The Bertz CT molecular complexity index is 1900. The molecule has 7 heteroatoms. The van der Waals surface area contributed by atoms with E-state index in [4.69, 9.17) is 0 Å². The lowest BCUT2D eigenvalue weighted by molar-refractivity contribution is 0.0967. The number of benzene rings is 4. The van der Waals surface area contributed by atoms with Gasteiger partial charge < -0.3 is 10.3 Å². The molecule has 2 aromatic heterocycles. The number of fused-ring (bicyclic) bond motifs is 10. The first-order valence-electron chi connectivity index (χ1n) is 10.6. The normalized spacial score (nSPS) is 13.9. The lowest BCUT2D eigenvalue weighted by Gasteiger charge is -2.11. The Labute approximate surface area is 188 Å². The summed E-state index contributed by atoms with van der Waals surface area (Å²) < 4.78 is 29.5. The molecule has 0 saturated heterocycles. The van der Waals surface area contributed by atoms with Crippen LogP contribution in [0.1, 0.15) is 15.9 Å². The van der Waals surface area contributed by atoms with Gasteiger partial charge in [0.15, 0.2) is 0 Å². The zero-order chi connectivity index (χ0) is 22.3. The van der Waals surface area contributed by atoms with Crippen LogP contribution in [-0.2, 0) is 16.6 Å². The largest absolute Gasteiger partial charge is 0.353 e. The van der Waals surface area contributed by atoms with Crippen LogP contribution in [0.25, 0.3) is 43.6 Å². The number of hydrogen-bond acceptors (Lipinski definition) is 3. The van der Waals surface area contributed by atoms with Gasteiger partial charge in [-0.2, -0.15) is 0 Å². The molecule has 0 atom stereocenters. The number of aromatic nitrogens is 2. The van der Waals surface area contributed by atoms with E-state index in [-0.39, 0.29) is 10.8 Å². The molecule has 1 aliphatic heterocycles. The highest BCUT2D eigenvalue weighted by molar-refractivity contribution is 7.90. The van der Waals surface area contributed by atoms with Gasteiger partial charge in [-0.25, -0.2) is 12.4 Å². The Kier molecular flexibility index (Phi) is 3.49. The van der Waals surface area contributed by atoms with Gasteiger partial charge in [-0.15, -0.1) is 0 Å². The van der Waals surface area contributed by atoms with Crippen LogP contribution in [0.2, 0.25) is 0 Å². The fourth-order valence-electron chi connectivity index (χ4n) is 5.23. The molecule has 6 nitrogen and oxygen atoms in total. The highest BCUT2D eigenvalue weighted by Crippen LogP contribution is 2.44. The van der Waals surface area contributed by atoms with Gasteiger partial charge in [0, 0.05) is 33.6 Å². The van der Waals surface area contributed by atoms with E-state index in [1.807, 2.05) is 48.5 Å². The maximum atomic E-state index is 14.0. The van der Waals surface area contributed by atoms with E-state index in [1.54, 1.807) is 30.3 Å². The average molecular weight is 452 g/mol. The lowest BCUT2D eigenvalue weighted by Crippen LogP contribution is -2.13. The first-order valence-corrected chi connectivity index (χ1v) is 12.1. The van der Waals surface area contributed by atoms with Crippen LogP contribution in [0.4, 0.5) is 0 Å². The minimum atomic E-state index is -3.92. The number of carbonyl (C=O) groups is 1. The Hall–Kier alpha value is -4.10. The molecule has 160 valence electrons. The smallest absolute Gasteiger partial charge is 0.268 e. The molecule has 0 fully saturated rings. The molecular formula is C26H17N3O3S. The van der Waals surface area contributed by atoms with Crippen molar-refractivity contribution < 1.29 is 13.2 Å². The summed E-state index contributed by atoms with van der Waals surface area (Å²) in [5, 5.41) is 6.21. The summed E-state index contributed by atoms with van der Waals surface area (Å²) in [7, 11) is -3.92. The van der Waals surface area contributed by atoms with E-state index in [0.717, 1.165) is 32.6 Å². The molecule has 3 heterocycles. The standard InChI is InChI=1S/C26H17N3O3S/c30-26-23-18(14-27-26)21-17-11-5-7-13-20(17)29(33(31,32)15-8-2-1-3-9-15)25(21)24-22(23)16-10-4-6-12-19(16)28-24/h1-13,28H,14H2,(H,27,30). The van der Waals surface area contributed by atoms with Gasteiger partial charge in [0.05, 0.1) is 27.0 Å². The van der Waals surface area contributed by atoms with Gasteiger partial charge in [0.2, 0.25) is 0 Å². The summed E-state index contributed by atoms with van der Waals surface area (Å²) >= 11 is 0. The monoisotopic (exact) mass is 451 g/mol.